The zero-order chi connectivity index (χ0) is 14.9. The van der Waals surface area contributed by atoms with Gasteiger partial charge in [-0.15, -0.1) is 0 Å². The maximum absolute atomic E-state index is 10.0. The average Bonchev–Trinajstić information content (AvgIpc) is 2.92. The van der Waals surface area contributed by atoms with Gasteiger partial charge in [0, 0.05) is 7.26 Å². The van der Waals surface area contributed by atoms with Crippen LogP contribution < -0.4 is 5.11 Å². The predicted molar refractivity (Wildman–Crippen MR) is 78.0 cm³/mol. The van der Waals surface area contributed by atoms with Crippen LogP contribution in [0.1, 0.15) is 44.0 Å². The van der Waals surface area contributed by atoms with Gasteiger partial charge in [-0.2, -0.15) is 0 Å². The molecular formula is C14H25O4P. The van der Waals surface area contributed by atoms with E-state index in [9.17, 15) is 9.90 Å². The summed E-state index contributed by atoms with van der Waals surface area (Å²) in [5, 5.41) is 18.5. The van der Waals surface area contributed by atoms with Crippen molar-refractivity contribution < 1.29 is 19.4 Å². The molecule has 0 saturated carbocycles. The normalized spacial score (nSPS) is 10.8. The summed E-state index contributed by atoms with van der Waals surface area (Å²) in [6, 6.07) is 2.62. The summed E-state index contributed by atoms with van der Waals surface area (Å²) in [7, 11) is -0.420. The lowest BCUT2D eigenvalue weighted by Gasteiger charge is -2.20. The standard InChI is InChI=1S/C8H20P.C6H6O4/c1-5-9(6-2,7-3)8-4;7-3-4-1-2-5(10-4)6(8)9/h5-8H2,1-4H3;1-2,7H,3H2,(H,8,9)/q+1;/p-1. The van der Waals surface area contributed by atoms with Crippen molar-refractivity contribution >= 4 is 13.2 Å². The predicted octanol–water partition coefficient (Wildman–Crippen LogP) is 2.22. The lowest BCUT2D eigenvalue weighted by atomic mass is 10.4. The third kappa shape index (κ3) is 5.75. The highest BCUT2D eigenvalue weighted by Gasteiger charge is 2.27. The number of aliphatic hydroxyl groups excluding tert-OH is 1. The number of furan rings is 1. The van der Waals surface area contributed by atoms with E-state index in [2.05, 4.69) is 32.1 Å². The Morgan fingerprint density at radius 3 is 1.79 bits per heavy atom. The first-order valence-electron chi connectivity index (χ1n) is 6.74. The van der Waals surface area contributed by atoms with Crippen LogP contribution in [0.25, 0.3) is 0 Å². The van der Waals surface area contributed by atoms with Crippen molar-refractivity contribution in [2.45, 2.75) is 34.3 Å². The minimum absolute atomic E-state index is 0.221. The van der Waals surface area contributed by atoms with E-state index in [1.54, 1.807) is 0 Å². The fourth-order valence-corrected chi connectivity index (χ4v) is 4.60. The van der Waals surface area contributed by atoms with Gasteiger partial charge in [-0.1, -0.05) is 0 Å². The van der Waals surface area contributed by atoms with Crippen LogP contribution in [0.2, 0.25) is 0 Å². The first-order chi connectivity index (χ1) is 8.98. The second-order valence-electron chi connectivity index (χ2n) is 4.32. The molecule has 0 atom stereocenters. The molecule has 1 heterocycles. The quantitative estimate of drug-likeness (QED) is 0.815. The topological polar surface area (TPSA) is 73.5 Å². The number of carbonyl (C=O) groups excluding carboxylic acids is 1. The Morgan fingerprint density at radius 1 is 1.16 bits per heavy atom. The highest BCUT2D eigenvalue weighted by atomic mass is 31.2. The van der Waals surface area contributed by atoms with Gasteiger partial charge in [-0.05, 0) is 39.8 Å². The third-order valence-electron chi connectivity index (χ3n) is 3.70. The van der Waals surface area contributed by atoms with Crippen LogP contribution in [0.4, 0.5) is 0 Å². The molecule has 0 aromatic carbocycles. The molecule has 0 aliphatic carbocycles. The Kier molecular flexibility index (Phi) is 8.70. The van der Waals surface area contributed by atoms with Gasteiger partial charge in [0.25, 0.3) is 0 Å². The van der Waals surface area contributed by atoms with E-state index >= 15 is 0 Å². The molecule has 0 spiro atoms. The summed E-state index contributed by atoms with van der Waals surface area (Å²) < 4.78 is 4.58. The van der Waals surface area contributed by atoms with Crippen LogP contribution in [0.15, 0.2) is 16.5 Å². The molecule has 0 saturated heterocycles. The Labute approximate surface area is 116 Å². The third-order valence-corrected chi connectivity index (χ3v) is 9.07. The zero-order valence-electron chi connectivity index (χ0n) is 12.3. The van der Waals surface area contributed by atoms with E-state index < -0.39 is 13.2 Å². The second-order valence-corrected chi connectivity index (χ2v) is 9.53. The van der Waals surface area contributed by atoms with E-state index in [0.717, 1.165) is 0 Å². The molecule has 19 heavy (non-hydrogen) atoms. The van der Waals surface area contributed by atoms with Crippen molar-refractivity contribution in [2.75, 3.05) is 24.6 Å². The number of aromatic carboxylic acids is 1. The van der Waals surface area contributed by atoms with Crippen LogP contribution in [0, 0.1) is 0 Å². The monoisotopic (exact) mass is 288 g/mol. The van der Waals surface area contributed by atoms with E-state index in [1.165, 1.54) is 36.8 Å². The molecule has 4 nitrogen and oxygen atoms in total. The van der Waals surface area contributed by atoms with Crippen LogP contribution in [0.5, 0.6) is 0 Å². The number of carboxylic acids is 1. The van der Waals surface area contributed by atoms with Crippen molar-refractivity contribution in [1.82, 2.24) is 0 Å². The summed E-state index contributed by atoms with van der Waals surface area (Å²) in [5.41, 5.74) is 0. The number of rotatable bonds is 6. The summed E-state index contributed by atoms with van der Waals surface area (Å²) in [5.74, 6) is -1.41. The van der Waals surface area contributed by atoms with Gasteiger partial charge in [0.2, 0.25) is 0 Å². The number of carbonyl (C=O) groups is 1. The van der Waals surface area contributed by atoms with E-state index in [-0.39, 0.29) is 18.1 Å². The summed E-state index contributed by atoms with van der Waals surface area (Å²) in [6.07, 6.45) is 5.82. The van der Waals surface area contributed by atoms with E-state index in [1.807, 2.05) is 0 Å². The molecule has 0 fully saturated rings. The lowest BCUT2D eigenvalue weighted by Crippen LogP contribution is -2.21. The van der Waals surface area contributed by atoms with Gasteiger partial charge >= 0.3 is 0 Å². The minimum Gasteiger partial charge on any atom is -0.542 e. The molecule has 0 unspecified atom stereocenters. The first kappa shape index (κ1) is 18.1. The molecule has 1 aromatic rings. The molecule has 0 amide bonds. The van der Waals surface area contributed by atoms with Gasteiger partial charge in [-0.3, -0.25) is 0 Å². The van der Waals surface area contributed by atoms with E-state index in [4.69, 9.17) is 5.11 Å². The first-order valence-corrected chi connectivity index (χ1v) is 9.27. The number of hydrogen-bond acceptors (Lipinski definition) is 4. The van der Waals surface area contributed by atoms with Gasteiger partial charge in [0.15, 0.2) is 0 Å². The largest absolute Gasteiger partial charge is 0.542 e. The van der Waals surface area contributed by atoms with Gasteiger partial charge in [0.05, 0.1) is 24.6 Å². The van der Waals surface area contributed by atoms with Crippen molar-refractivity contribution in [3.8, 4) is 0 Å². The molecule has 5 heteroatoms. The maximum Gasteiger partial charge on any atom is 0.149 e. The Morgan fingerprint density at radius 2 is 1.63 bits per heavy atom. The van der Waals surface area contributed by atoms with Crippen LogP contribution in [-0.2, 0) is 6.61 Å². The fraction of sp³-hybridized carbons (Fsp3) is 0.643. The van der Waals surface area contributed by atoms with Gasteiger partial charge in [0.1, 0.15) is 24.1 Å². The van der Waals surface area contributed by atoms with Crippen LogP contribution >= 0.6 is 7.26 Å². The molecule has 0 aliphatic heterocycles. The van der Waals surface area contributed by atoms with Crippen LogP contribution in [-0.4, -0.2) is 35.7 Å². The summed E-state index contributed by atoms with van der Waals surface area (Å²) in [6.45, 7) is 9.11. The molecule has 0 radical (unpaired) electrons. The molecule has 0 bridgehead atoms. The SMILES string of the molecule is CC[P+](CC)(CC)CC.O=C([O-])c1ccc(CO)o1. The average molecular weight is 288 g/mol. The molecule has 1 aromatic heterocycles. The van der Waals surface area contributed by atoms with Crippen molar-refractivity contribution in [2.24, 2.45) is 0 Å². The highest BCUT2D eigenvalue weighted by molar-refractivity contribution is 7.75. The second kappa shape index (κ2) is 9.11. The minimum atomic E-state index is -1.38. The number of aliphatic hydroxyl groups is 1. The van der Waals surface area contributed by atoms with Gasteiger partial charge in [-0.25, -0.2) is 0 Å². The van der Waals surface area contributed by atoms with E-state index in [0.29, 0.717) is 0 Å². The summed E-state index contributed by atoms with van der Waals surface area (Å²) >= 11 is 0. The molecule has 0 aliphatic rings. The smallest absolute Gasteiger partial charge is 0.149 e. The van der Waals surface area contributed by atoms with Crippen LogP contribution in [0.3, 0.4) is 0 Å². The molecule has 110 valence electrons. The zero-order valence-corrected chi connectivity index (χ0v) is 13.2. The van der Waals surface area contributed by atoms with Crippen molar-refractivity contribution in [1.29, 1.82) is 0 Å². The number of hydrogen-bond donors (Lipinski definition) is 1. The lowest BCUT2D eigenvalue weighted by molar-refractivity contribution is -0.257. The number of carboxylic acid groups (broad SMARTS) is 1. The molecule has 1 N–H and O–H groups in total. The fourth-order valence-electron chi connectivity index (χ4n) is 1.91. The molecule has 1 rings (SSSR count). The van der Waals surface area contributed by atoms with Crippen molar-refractivity contribution in [3.63, 3.8) is 0 Å². The maximum atomic E-state index is 10.0. The Hall–Kier alpha value is -0.860. The molecular weight excluding hydrogens is 263 g/mol. The summed E-state index contributed by atoms with van der Waals surface area (Å²) in [4.78, 5) is 10.0. The Balaban J connectivity index is 0.000000344. The van der Waals surface area contributed by atoms with Crippen molar-refractivity contribution in [3.05, 3.63) is 23.7 Å². The van der Waals surface area contributed by atoms with Gasteiger partial charge < -0.3 is 19.4 Å². The highest BCUT2D eigenvalue weighted by Crippen LogP contribution is 2.57. The Bertz CT molecular complexity index is 352.